The minimum atomic E-state index is -1.33. The van der Waals surface area contributed by atoms with E-state index in [4.69, 9.17) is 9.47 Å². The number of nitrogens with one attached hydrogen (secondary N) is 2. The topological polar surface area (TPSA) is 175 Å². The van der Waals surface area contributed by atoms with E-state index < -0.39 is 46.4 Å². The van der Waals surface area contributed by atoms with Gasteiger partial charge in [0.15, 0.2) is 17.0 Å². The van der Waals surface area contributed by atoms with Crippen molar-refractivity contribution in [3.63, 3.8) is 0 Å². The van der Waals surface area contributed by atoms with Crippen LogP contribution in [0.3, 0.4) is 0 Å². The monoisotopic (exact) mass is 554 g/mol. The summed E-state index contributed by atoms with van der Waals surface area (Å²) in [6.45, 7) is 6.37. The lowest BCUT2D eigenvalue weighted by molar-refractivity contribution is -0.793. The number of hydrogen-bond acceptors (Lipinski definition) is 9. The third-order valence-electron chi connectivity index (χ3n) is 6.53. The standard InChI is InChI=1S/C26H31N7O7/c1-16-10-18(30-24(36)40-26(2,3)4)12-33(16,25(37)38)19(34)11-32-15-29-20-21(27-14-28-22(20)32)31-23(35)39-13-17-8-6-5-7-9-17/h5-9,14-16,18H,10-13H2,1-4H3,(H2-,27,28,30,31,35,36,37,38)/p+1/t16-,18-,33-/m1/s1. The van der Waals surface area contributed by atoms with Crippen LogP contribution in [0.4, 0.5) is 20.2 Å². The number of quaternary nitrogens is 1. The normalized spacial score (nSPS) is 20.6. The van der Waals surface area contributed by atoms with Gasteiger partial charge in [0.05, 0.1) is 12.4 Å². The summed E-state index contributed by atoms with van der Waals surface area (Å²) < 4.78 is 11.0. The molecule has 1 saturated heterocycles. The van der Waals surface area contributed by atoms with Crippen molar-refractivity contribution in [1.82, 2.24) is 24.8 Å². The Bertz CT molecular complexity index is 1420. The van der Waals surface area contributed by atoms with Gasteiger partial charge in [0.1, 0.15) is 37.7 Å². The van der Waals surface area contributed by atoms with Gasteiger partial charge >= 0.3 is 24.2 Å². The highest BCUT2D eigenvalue weighted by atomic mass is 16.6. The first kappa shape index (κ1) is 28.4. The summed E-state index contributed by atoms with van der Waals surface area (Å²) in [6.07, 6.45) is 0.0322. The molecule has 0 unspecified atom stereocenters. The molecule has 3 atom stereocenters. The molecule has 14 heteroatoms. The predicted molar refractivity (Wildman–Crippen MR) is 141 cm³/mol. The molecular formula is C26H32N7O7+. The Labute approximate surface area is 229 Å². The van der Waals surface area contributed by atoms with Crippen LogP contribution in [0.1, 0.15) is 39.7 Å². The first-order valence-corrected chi connectivity index (χ1v) is 12.7. The van der Waals surface area contributed by atoms with E-state index in [0.717, 1.165) is 5.56 Å². The number of carboxylic acid groups (broad SMARTS) is 1. The van der Waals surface area contributed by atoms with Gasteiger partial charge in [-0.05, 0) is 33.3 Å². The van der Waals surface area contributed by atoms with Gasteiger partial charge in [0.25, 0.3) is 0 Å². The van der Waals surface area contributed by atoms with E-state index in [1.54, 1.807) is 27.7 Å². The second-order valence-electron chi connectivity index (χ2n) is 10.6. The molecule has 1 aliphatic heterocycles. The number of rotatable bonds is 6. The zero-order chi connectivity index (χ0) is 29.1. The molecule has 1 aliphatic rings. The molecule has 3 aromatic rings. The van der Waals surface area contributed by atoms with Gasteiger partial charge in [-0.3, -0.25) is 5.32 Å². The highest BCUT2D eigenvalue weighted by Gasteiger charge is 2.56. The molecular weight excluding hydrogens is 522 g/mol. The predicted octanol–water partition coefficient (Wildman–Crippen LogP) is 3.28. The molecule has 1 fully saturated rings. The molecule has 3 N–H and O–H groups in total. The fourth-order valence-electron chi connectivity index (χ4n) is 4.71. The SMILES string of the molecule is C[C@@H]1C[C@@H](NC(=O)OC(C)(C)C)C[N@+]1(C(=O)O)C(=O)Cn1cnc2c(NC(=O)OCc3ccccc3)ncnc21. The van der Waals surface area contributed by atoms with Crippen LogP contribution in [0.15, 0.2) is 43.0 Å². The van der Waals surface area contributed by atoms with E-state index in [-0.39, 0.29) is 43.1 Å². The highest BCUT2D eigenvalue weighted by Crippen LogP contribution is 2.30. The summed E-state index contributed by atoms with van der Waals surface area (Å²) in [4.78, 5) is 63.1. The lowest BCUT2D eigenvalue weighted by Gasteiger charge is -2.29. The number of carbonyl (C=O) groups excluding carboxylic acids is 3. The fraction of sp³-hybridized carbons (Fsp3) is 0.423. The Kier molecular flexibility index (Phi) is 8.00. The van der Waals surface area contributed by atoms with Gasteiger partial charge < -0.3 is 24.5 Å². The smallest absolute Gasteiger partial charge is 0.444 e. The maximum absolute atomic E-state index is 13.5. The highest BCUT2D eigenvalue weighted by molar-refractivity contribution is 5.93. The molecule has 0 bridgehead atoms. The first-order valence-electron chi connectivity index (χ1n) is 12.7. The number of amides is 4. The van der Waals surface area contributed by atoms with Crippen molar-refractivity contribution in [1.29, 1.82) is 0 Å². The summed E-state index contributed by atoms with van der Waals surface area (Å²) in [5.74, 6) is -0.546. The minimum Gasteiger partial charge on any atom is -0.444 e. The van der Waals surface area contributed by atoms with Crippen LogP contribution in [0, 0.1) is 0 Å². The number of benzene rings is 1. The zero-order valence-corrected chi connectivity index (χ0v) is 22.7. The van der Waals surface area contributed by atoms with Crippen LogP contribution in [0.2, 0.25) is 0 Å². The number of hydrogen-bond donors (Lipinski definition) is 3. The largest absolute Gasteiger partial charge is 0.521 e. The summed E-state index contributed by atoms with van der Waals surface area (Å²) >= 11 is 0. The van der Waals surface area contributed by atoms with Crippen molar-refractivity contribution < 1.29 is 38.2 Å². The summed E-state index contributed by atoms with van der Waals surface area (Å²) in [5, 5.41) is 15.4. The Balaban J connectivity index is 1.47. The molecule has 0 radical (unpaired) electrons. The summed E-state index contributed by atoms with van der Waals surface area (Å²) in [6, 6.07) is 7.95. The second-order valence-corrected chi connectivity index (χ2v) is 10.6. The van der Waals surface area contributed by atoms with Gasteiger partial charge in [-0.1, -0.05) is 30.3 Å². The number of carbonyl (C=O) groups is 4. The van der Waals surface area contributed by atoms with Crippen LogP contribution in [-0.2, 0) is 27.4 Å². The van der Waals surface area contributed by atoms with Gasteiger partial charge in [0.2, 0.25) is 0 Å². The van der Waals surface area contributed by atoms with Crippen LogP contribution in [0.5, 0.6) is 0 Å². The van der Waals surface area contributed by atoms with Crippen molar-refractivity contribution in [2.24, 2.45) is 0 Å². The number of likely N-dealkylation sites (tertiary alicyclic amines) is 1. The number of nitrogens with zero attached hydrogens (tertiary/aromatic N) is 5. The Morgan fingerprint density at radius 3 is 2.50 bits per heavy atom. The fourth-order valence-corrected chi connectivity index (χ4v) is 4.71. The number of alkyl carbamates (subject to hydrolysis) is 1. The second kappa shape index (κ2) is 11.3. The molecule has 1 aromatic carbocycles. The van der Waals surface area contributed by atoms with Crippen molar-refractivity contribution in [2.75, 3.05) is 11.9 Å². The zero-order valence-electron chi connectivity index (χ0n) is 22.7. The van der Waals surface area contributed by atoms with Crippen LogP contribution in [-0.4, -0.2) is 77.5 Å². The quantitative estimate of drug-likeness (QED) is 0.384. The van der Waals surface area contributed by atoms with Crippen molar-refractivity contribution in [3.05, 3.63) is 48.5 Å². The molecule has 3 heterocycles. The molecule has 2 aromatic heterocycles. The van der Waals surface area contributed by atoms with Crippen LogP contribution < -0.4 is 10.6 Å². The molecule has 4 amide bonds. The third kappa shape index (κ3) is 6.17. The van der Waals surface area contributed by atoms with E-state index in [1.807, 2.05) is 30.3 Å². The van der Waals surface area contributed by atoms with Gasteiger partial charge in [-0.2, -0.15) is 9.28 Å². The van der Waals surface area contributed by atoms with E-state index in [9.17, 15) is 24.3 Å². The number of aromatic nitrogens is 4. The molecule has 0 saturated carbocycles. The van der Waals surface area contributed by atoms with E-state index >= 15 is 0 Å². The maximum Gasteiger partial charge on any atom is 0.521 e. The maximum atomic E-state index is 13.5. The number of anilines is 1. The van der Waals surface area contributed by atoms with Crippen molar-refractivity contribution in [2.45, 2.75) is 65.0 Å². The van der Waals surface area contributed by atoms with Crippen molar-refractivity contribution in [3.8, 4) is 0 Å². The van der Waals surface area contributed by atoms with Crippen LogP contribution in [0.25, 0.3) is 11.2 Å². The van der Waals surface area contributed by atoms with E-state index in [2.05, 4.69) is 25.6 Å². The summed E-state index contributed by atoms with van der Waals surface area (Å²) in [7, 11) is 0. The van der Waals surface area contributed by atoms with Crippen molar-refractivity contribution >= 4 is 41.2 Å². The lowest BCUT2D eigenvalue weighted by atomic mass is 10.2. The Morgan fingerprint density at radius 2 is 1.82 bits per heavy atom. The number of imide groups is 1. The first-order chi connectivity index (χ1) is 18.9. The number of ether oxygens (including phenoxy) is 2. The Hall–Kier alpha value is -4.59. The third-order valence-corrected chi connectivity index (χ3v) is 6.53. The molecule has 212 valence electrons. The molecule has 4 rings (SSSR count). The average Bonchev–Trinajstić information content (AvgIpc) is 3.43. The number of fused-ring (bicyclic) bond motifs is 1. The lowest BCUT2D eigenvalue weighted by Crippen LogP contribution is -2.60. The molecule has 40 heavy (non-hydrogen) atoms. The molecule has 0 aliphatic carbocycles. The van der Waals surface area contributed by atoms with Gasteiger partial charge in [0, 0.05) is 6.42 Å². The van der Waals surface area contributed by atoms with Crippen LogP contribution >= 0.6 is 0 Å². The molecule has 0 spiro atoms. The van der Waals surface area contributed by atoms with E-state index in [1.165, 1.54) is 17.2 Å². The summed E-state index contributed by atoms with van der Waals surface area (Å²) in [5.41, 5.74) is 0.510. The van der Waals surface area contributed by atoms with E-state index in [0.29, 0.717) is 0 Å². The average molecular weight is 555 g/mol. The Morgan fingerprint density at radius 1 is 1.10 bits per heavy atom. The number of imidazole rings is 1. The van der Waals surface area contributed by atoms with Gasteiger partial charge in [-0.25, -0.2) is 29.3 Å². The molecule has 14 nitrogen and oxygen atoms in total. The van der Waals surface area contributed by atoms with Gasteiger partial charge in [-0.15, -0.1) is 0 Å². The minimum absolute atomic E-state index is 0.0565.